The van der Waals surface area contributed by atoms with E-state index in [1.807, 2.05) is 54.6 Å². The lowest BCUT2D eigenvalue weighted by molar-refractivity contribution is 0.125. The first-order valence-electron chi connectivity index (χ1n) is 15.4. The summed E-state index contributed by atoms with van der Waals surface area (Å²) in [6, 6.07) is 23.8. The normalized spacial score (nSPS) is 11.7. The molecule has 0 aliphatic heterocycles. The van der Waals surface area contributed by atoms with Crippen molar-refractivity contribution in [2.45, 2.75) is 11.0 Å². The number of halogens is 1. The Morgan fingerprint density at radius 1 is 0.800 bits per heavy atom. The van der Waals surface area contributed by atoms with Gasteiger partial charge >= 0.3 is 0 Å². The van der Waals surface area contributed by atoms with Gasteiger partial charge in [0.1, 0.15) is 29.1 Å². The van der Waals surface area contributed by atoms with E-state index in [4.69, 9.17) is 49.4 Å². The van der Waals surface area contributed by atoms with E-state index in [2.05, 4.69) is 0 Å². The Morgan fingerprint density at radius 3 is 2.16 bits per heavy atom. The predicted octanol–water partition coefficient (Wildman–Crippen LogP) is 7.90. The molecule has 0 amide bonds. The summed E-state index contributed by atoms with van der Waals surface area (Å²) in [5.74, 6) is 1.94. The van der Waals surface area contributed by atoms with E-state index in [0.717, 1.165) is 27.1 Å². The van der Waals surface area contributed by atoms with E-state index >= 15 is 0 Å². The number of fused-ring (bicyclic) bond motifs is 2. The number of hydrogen-bond acceptors (Lipinski definition) is 11. The van der Waals surface area contributed by atoms with Crippen LogP contribution in [0.3, 0.4) is 0 Å². The molecule has 2 aromatic heterocycles. The minimum absolute atomic E-state index is 0.0876. The molecule has 1 atom stereocenters. The van der Waals surface area contributed by atoms with E-state index in [1.165, 1.54) is 47.3 Å². The molecule has 0 saturated carbocycles. The molecule has 0 bridgehead atoms. The third-order valence-corrected chi connectivity index (χ3v) is 9.40. The van der Waals surface area contributed by atoms with Crippen molar-refractivity contribution in [2.24, 2.45) is 0 Å². The van der Waals surface area contributed by atoms with Gasteiger partial charge in [-0.15, -0.1) is 11.8 Å². The van der Waals surface area contributed by atoms with Gasteiger partial charge in [-0.25, -0.2) is 4.98 Å². The van der Waals surface area contributed by atoms with Crippen LogP contribution in [0.5, 0.6) is 34.5 Å². The van der Waals surface area contributed by atoms with Crippen molar-refractivity contribution in [1.82, 2.24) is 4.98 Å². The number of pyridine rings is 1. The van der Waals surface area contributed by atoms with Gasteiger partial charge in [-0.2, -0.15) is 0 Å². The van der Waals surface area contributed by atoms with Gasteiger partial charge in [0.25, 0.3) is 0 Å². The summed E-state index contributed by atoms with van der Waals surface area (Å²) >= 11 is 7.57. The molecule has 0 saturated heterocycles. The summed E-state index contributed by atoms with van der Waals surface area (Å²) in [7, 11) is 7.43. The van der Waals surface area contributed by atoms with Crippen molar-refractivity contribution in [1.29, 1.82) is 0 Å². The topological polar surface area (TPSA) is 119 Å². The van der Waals surface area contributed by atoms with Gasteiger partial charge in [0.05, 0.1) is 52.9 Å². The molecule has 258 valence electrons. The Morgan fingerprint density at radius 2 is 1.50 bits per heavy atom. The number of thioether (sulfide) groups is 1. The monoisotopic (exact) mass is 715 g/mol. The van der Waals surface area contributed by atoms with Crippen LogP contribution in [0.4, 0.5) is 0 Å². The van der Waals surface area contributed by atoms with Gasteiger partial charge < -0.3 is 37.9 Å². The largest absolute Gasteiger partial charge is 0.496 e. The van der Waals surface area contributed by atoms with Crippen molar-refractivity contribution >= 4 is 45.2 Å². The second kappa shape index (κ2) is 15.2. The highest BCUT2D eigenvalue weighted by Gasteiger charge is 2.25. The molecule has 2 heterocycles. The smallest absolute Gasteiger partial charge is 0.239 e. The standard InChI is InChI=1S/C38H34ClNO9S/c1-43-25-16-29(44-2)34-30(17-25)49-36(22-14-31(45-3)37(47-5)32(15-22)46-4)38(35(34)42)48-19-24(41)20-50-33-18-28(21-10-12-23(39)13-11-21)40-27-9-7-6-8-26(27)33/h6-18,24,41H,19-20H2,1-5H3. The van der Waals surface area contributed by atoms with E-state index in [-0.39, 0.29) is 40.6 Å². The van der Waals surface area contributed by atoms with Gasteiger partial charge in [0, 0.05) is 44.3 Å². The fourth-order valence-electron chi connectivity index (χ4n) is 5.50. The zero-order valence-corrected chi connectivity index (χ0v) is 29.5. The second-order valence-corrected chi connectivity index (χ2v) is 12.5. The van der Waals surface area contributed by atoms with Crippen LogP contribution in [-0.2, 0) is 0 Å². The molecule has 4 aromatic carbocycles. The first kappa shape index (κ1) is 34.8. The Kier molecular flexibility index (Phi) is 10.6. The van der Waals surface area contributed by atoms with Crippen LogP contribution >= 0.6 is 23.4 Å². The fourth-order valence-corrected chi connectivity index (χ4v) is 6.62. The molecule has 6 aromatic rings. The van der Waals surface area contributed by atoms with Crippen molar-refractivity contribution in [3.63, 3.8) is 0 Å². The molecular weight excluding hydrogens is 682 g/mol. The number of aromatic nitrogens is 1. The lowest BCUT2D eigenvalue weighted by Crippen LogP contribution is -2.23. The molecular formula is C38H34ClNO9S. The fraction of sp³-hybridized carbons (Fsp3) is 0.211. The average molecular weight is 716 g/mol. The average Bonchev–Trinajstić information content (AvgIpc) is 3.15. The highest BCUT2D eigenvalue weighted by Crippen LogP contribution is 2.44. The molecule has 1 N–H and O–H groups in total. The van der Waals surface area contributed by atoms with Crippen molar-refractivity contribution in [2.75, 3.05) is 47.9 Å². The third kappa shape index (κ3) is 6.98. The predicted molar refractivity (Wildman–Crippen MR) is 195 cm³/mol. The number of aliphatic hydroxyl groups is 1. The molecule has 0 radical (unpaired) electrons. The number of ether oxygens (including phenoxy) is 6. The molecule has 1 unspecified atom stereocenters. The maximum atomic E-state index is 14.2. The number of benzene rings is 4. The van der Waals surface area contributed by atoms with Gasteiger partial charge in [0.15, 0.2) is 17.3 Å². The van der Waals surface area contributed by atoms with Crippen LogP contribution in [0.2, 0.25) is 5.02 Å². The van der Waals surface area contributed by atoms with Crippen LogP contribution in [0, 0.1) is 0 Å². The molecule has 50 heavy (non-hydrogen) atoms. The van der Waals surface area contributed by atoms with E-state index in [9.17, 15) is 9.90 Å². The third-order valence-electron chi connectivity index (χ3n) is 7.94. The highest BCUT2D eigenvalue weighted by molar-refractivity contribution is 7.99. The molecule has 6 rings (SSSR count). The molecule has 12 heteroatoms. The molecule has 0 spiro atoms. The first-order chi connectivity index (χ1) is 24.3. The van der Waals surface area contributed by atoms with Gasteiger partial charge in [-0.05, 0) is 36.4 Å². The van der Waals surface area contributed by atoms with Gasteiger partial charge in [-0.1, -0.05) is 41.9 Å². The Labute approximate surface area is 297 Å². The lowest BCUT2D eigenvalue weighted by atomic mass is 10.1. The maximum Gasteiger partial charge on any atom is 0.239 e. The number of rotatable bonds is 13. The van der Waals surface area contributed by atoms with Crippen molar-refractivity contribution in [3.8, 4) is 57.1 Å². The zero-order chi connectivity index (χ0) is 35.4. The van der Waals surface area contributed by atoms with Crippen molar-refractivity contribution in [3.05, 3.63) is 94.1 Å². The van der Waals surface area contributed by atoms with E-state index < -0.39 is 11.5 Å². The number of hydrogen-bond donors (Lipinski definition) is 1. The summed E-state index contributed by atoms with van der Waals surface area (Å²) in [6.45, 7) is -0.216. The summed E-state index contributed by atoms with van der Waals surface area (Å²) < 4.78 is 40.0. The molecule has 0 aliphatic carbocycles. The molecule has 10 nitrogen and oxygen atoms in total. The summed E-state index contributed by atoms with van der Waals surface area (Å²) in [5.41, 5.74) is 2.64. The van der Waals surface area contributed by atoms with Gasteiger partial charge in [0.2, 0.25) is 16.9 Å². The van der Waals surface area contributed by atoms with E-state index in [0.29, 0.717) is 33.6 Å². The SMILES string of the molecule is COc1cc(OC)c2c(=O)c(OCC(O)CSc3cc(-c4ccc(Cl)cc4)nc4ccccc34)c(-c3cc(OC)c(OC)c(OC)c3)oc2c1. The van der Waals surface area contributed by atoms with Crippen LogP contribution in [0.1, 0.15) is 0 Å². The Hall–Kier alpha value is -5.10. The van der Waals surface area contributed by atoms with E-state index in [1.54, 1.807) is 24.3 Å². The number of methoxy groups -OCH3 is 5. The lowest BCUT2D eigenvalue weighted by Gasteiger charge is -2.18. The Bertz CT molecular complexity index is 2200. The van der Waals surface area contributed by atoms with Crippen LogP contribution in [0.15, 0.2) is 93.0 Å². The second-order valence-electron chi connectivity index (χ2n) is 11.0. The minimum atomic E-state index is -0.980. The maximum absolute atomic E-state index is 14.2. The molecule has 0 aliphatic rings. The number of nitrogens with zero attached hydrogens (tertiary/aromatic N) is 1. The highest BCUT2D eigenvalue weighted by atomic mass is 35.5. The molecule has 0 fully saturated rings. The van der Waals surface area contributed by atoms with Gasteiger partial charge in [-0.3, -0.25) is 4.79 Å². The minimum Gasteiger partial charge on any atom is -0.496 e. The Balaban J connectivity index is 1.35. The van der Waals surface area contributed by atoms with Crippen LogP contribution in [-0.4, -0.2) is 64.1 Å². The number of para-hydroxylation sites is 1. The van der Waals surface area contributed by atoms with Crippen LogP contribution in [0.25, 0.3) is 44.5 Å². The van der Waals surface area contributed by atoms with Crippen LogP contribution < -0.4 is 33.8 Å². The summed E-state index contributed by atoms with van der Waals surface area (Å²) in [6.07, 6.45) is -0.980. The zero-order valence-electron chi connectivity index (χ0n) is 27.9. The quantitative estimate of drug-likeness (QED) is 0.118. The summed E-state index contributed by atoms with van der Waals surface area (Å²) in [4.78, 5) is 19.9. The number of aliphatic hydroxyl groups excluding tert-OH is 1. The first-order valence-corrected chi connectivity index (χ1v) is 16.8. The summed E-state index contributed by atoms with van der Waals surface area (Å²) in [5, 5.41) is 13.0. The van der Waals surface area contributed by atoms with Crippen molar-refractivity contribution < 1.29 is 37.9 Å².